The van der Waals surface area contributed by atoms with Gasteiger partial charge < -0.3 is 9.88 Å². The molecule has 2 aromatic carbocycles. The number of anilines is 2. The zero-order valence-electron chi connectivity index (χ0n) is 18.8. The average molecular weight is 466 g/mol. The minimum Gasteiger partial charge on any atom is -0.330 e. The van der Waals surface area contributed by atoms with Gasteiger partial charge >= 0.3 is 6.03 Å². The van der Waals surface area contributed by atoms with Crippen LogP contribution in [0.3, 0.4) is 0 Å². The molecule has 0 saturated carbocycles. The van der Waals surface area contributed by atoms with Crippen molar-refractivity contribution in [2.24, 2.45) is 7.05 Å². The van der Waals surface area contributed by atoms with Gasteiger partial charge in [-0.2, -0.15) is 10.4 Å². The summed E-state index contributed by atoms with van der Waals surface area (Å²) >= 11 is 0. The lowest BCUT2D eigenvalue weighted by Gasteiger charge is -2.07. The van der Waals surface area contributed by atoms with Crippen LogP contribution in [0.15, 0.2) is 66.9 Å². The molecule has 0 aliphatic heterocycles. The summed E-state index contributed by atoms with van der Waals surface area (Å²) in [6.45, 7) is 1.89. The number of nitrogens with one attached hydrogen (secondary N) is 2. The number of fused-ring (bicyclic) bond motifs is 1. The second-order valence-electron chi connectivity index (χ2n) is 7.84. The van der Waals surface area contributed by atoms with Crippen molar-refractivity contribution < 1.29 is 9.18 Å². The summed E-state index contributed by atoms with van der Waals surface area (Å²) in [7, 11) is 1.89. The molecule has 35 heavy (non-hydrogen) atoms. The monoisotopic (exact) mass is 466 g/mol. The molecule has 0 aliphatic carbocycles. The van der Waals surface area contributed by atoms with Crippen LogP contribution in [-0.2, 0) is 7.05 Å². The number of halogens is 1. The van der Waals surface area contributed by atoms with E-state index < -0.39 is 6.03 Å². The van der Waals surface area contributed by atoms with E-state index in [1.54, 1.807) is 53.2 Å². The number of imidazole rings is 2. The molecule has 2 amide bonds. The van der Waals surface area contributed by atoms with E-state index in [1.165, 1.54) is 12.1 Å². The van der Waals surface area contributed by atoms with Crippen LogP contribution in [-0.4, -0.2) is 30.2 Å². The molecular formula is C25H19FN8O. The molecule has 0 bridgehead atoms. The summed E-state index contributed by atoms with van der Waals surface area (Å²) in [6.07, 6.45) is 1.60. The lowest BCUT2D eigenvalue weighted by molar-refractivity contribution is 0.262. The third-order valence-electron chi connectivity index (χ3n) is 5.49. The van der Waals surface area contributed by atoms with E-state index >= 15 is 0 Å². The molecule has 0 radical (unpaired) electrons. The Balaban J connectivity index is 1.43. The highest BCUT2D eigenvalue weighted by Crippen LogP contribution is 2.31. The Morgan fingerprint density at radius 3 is 2.63 bits per heavy atom. The van der Waals surface area contributed by atoms with Gasteiger partial charge in [-0.05, 0) is 61.5 Å². The molecule has 5 rings (SSSR count). The van der Waals surface area contributed by atoms with Crippen LogP contribution in [0.2, 0.25) is 0 Å². The first-order chi connectivity index (χ1) is 16.9. The van der Waals surface area contributed by atoms with Crippen LogP contribution in [0.1, 0.15) is 11.4 Å². The number of benzene rings is 2. The molecule has 0 aliphatic rings. The minimum absolute atomic E-state index is 0.309. The molecule has 0 atom stereocenters. The molecule has 10 heteroatoms. The van der Waals surface area contributed by atoms with Gasteiger partial charge in [-0.25, -0.2) is 23.7 Å². The number of aromatic nitrogens is 5. The van der Waals surface area contributed by atoms with Crippen molar-refractivity contribution in [1.29, 1.82) is 5.26 Å². The smallest absolute Gasteiger partial charge is 0.324 e. The minimum atomic E-state index is -0.496. The number of urea groups is 1. The predicted molar refractivity (Wildman–Crippen MR) is 129 cm³/mol. The van der Waals surface area contributed by atoms with Crippen molar-refractivity contribution in [3.05, 3.63) is 84.1 Å². The van der Waals surface area contributed by atoms with Crippen molar-refractivity contribution >= 4 is 23.2 Å². The Morgan fingerprint density at radius 1 is 1.06 bits per heavy atom. The van der Waals surface area contributed by atoms with E-state index in [2.05, 4.69) is 25.7 Å². The van der Waals surface area contributed by atoms with Crippen molar-refractivity contribution in [2.45, 2.75) is 6.92 Å². The summed E-state index contributed by atoms with van der Waals surface area (Å²) in [4.78, 5) is 21.5. The molecule has 0 spiro atoms. The van der Waals surface area contributed by atoms with Crippen molar-refractivity contribution in [3.8, 4) is 28.7 Å². The lowest BCUT2D eigenvalue weighted by atomic mass is 10.1. The maximum absolute atomic E-state index is 13.4. The number of hydrogen-bond donors (Lipinski definition) is 2. The zero-order valence-corrected chi connectivity index (χ0v) is 18.8. The zero-order chi connectivity index (χ0) is 24.5. The summed E-state index contributed by atoms with van der Waals surface area (Å²) in [5.41, 5.74) is 4.35. The van der Waals surface area contributed by atoms with Gasteiger partial charge in [0.25, 0.3) is 0 Å². The van der Waals surface area contributed by atoms with Crippen LogP contribution in [0.5, 0.6) is 0 Å². The molecular weight excluding hydrogens is 447 g/mol. The first-order valence-electron chi connectivity index (χ1n) is 10.7. The highest BCUT2D eigenvalue weighted by Gasteiger charge is 2.18. The molecule has 3 heterocycles. The number of aryl methyl sites for hydroxylation is 1. The fourth-order valence-electron chi connectivity index (χ4n) is 3.73. The first kappa shape index (κ1) is 21.8. The van der Waals surface area contributed by atoms with Gasteiger partial charge in [0.1, 0.15) is 17.3 Å². The van der Waals surface area contributed by atoms with E-state index in [1.807, 2.05) is 30.7 Å². The van der Waals surface area contributed by atoms with Crippen molar-refractivity contribution in [2.75, 3.05) is 10.6 Å². The Hall–Kier alpha value is -5.04. The third kappa shape index (κ3) is 4.30. The summed E-state index contributed by atoms with van der Waals surface area (Å²) in [6, 6.07) is 17.9. The largest absolute Gasteiger partial charge is 0.330 e. The number of carbonyl (C=O) groups excluding carboxylic acids is 1. The van der Waals surface area contributed by atoms with Crippen LogP contribution < -0.4 is 10.6 Å². The van der Waals surface area contributed by atoms with Gasteiger partial charge in [-0.15, -0.1) is 0 Å². The van der Waals surface area contributed by atoms with E-state index in [-0.39, 0.29) is 5.82 Å². The average Bonchev–Trinajstić information content (AvgIpc) is 3.38. The second kappa shape index (κ2) is 8.72. The van der Waals surface area contributed by atoms with Gasteiger partial charge in [-0.3, -0.25) is 5.32 Å². The standard InChI is InChI=1S/C25H19FN8O/c1-15-28-23(17-6-8-18(26)9-7-17)24(33(15)2)20-10-11-22-30-21(14-34(22)32-20)31-25(35)29-19-5-3-4-16(12-19)13-27/h3-12,14H,1-2H3,(H2,29,31,35). The normalized spacial score (nSPS) is 10.8. The molecule has 2 N–H and O–H groups in total. The molecule has 0 saturated heterocycles. The predicted octanol–water partition coefficient (Wildman–Crippen LogP) is 4.76. The summed E-state index contributed by atoms with van der Waals surface area (Å²) in [5.74, 6) is 0.776. The van der Waals surface area contributed by atoms with Gasteiger partial charge in [0, 0.05) is 18.3 Å². The Labute approximate surface area is 199 Å². The first-order valence-corrected chi connectivity index (χ1v) is 10.7. The maximum Gasteiger partial charge on any atom is 0.324 e. The van der Waals surface area contributed by atoms with Crippen molar-refractivity contribution in [1.82, 2.24) is 24.1 Å². The highest BCUT2D eigenvalue weighted by molar-refractivity contribution is 5.99. The quantitative estimate of drug-likeness (QED) is 0.397. The number of hydrogen-bond acceptors (Lipinski definition) is 5. The summed E-state index contributed by atoms with van der Waals surface area (Å²) in [5, 5.41) is 19.0. The van der Waals surface area contributed by atoms with Gasteiger partial charge in [-0.1, -0.05) is 6.07 Å². The van der Waals surface area contributed by atoms with Crippen LogP contribution in [0.4, 0.5) is 20.7 Å². The Bertz CT molecular complexity index is 1610. The maximum atomic E-state index is 13.4. The number of nitriles is 1. The molecule has 0 unspecified atom stereocenters. The fourth-order valence-corrected chi connectivity index (χ4v) is 3.73. The van der Waals surface area contributed by atoms with Crippen LogP contribution in [0, 0.1) is 24.1 Å². The third-order valence-corrected chi connectivity index (χ3v) is 5.49. The Kier molecular flexibility index (Phi) is 5.43. The molecule has 172 valence electrons. The molecule has 3 aromatic heterocycles. The van der Waals surface area contributed by atoms with E-state index in [4.69, 9.17) is 5.26 Å². The SMILES string of the molecule is Cc1nc(-c2ccc(F)cc2)c(-c2ccc3nc(NC(=O)Nc4cccc(C#N)c4)cn3n2)n1C. The number of amides is 2. The van der Waals surface area contributed by atoms with Gasteiger partial charge in [0.2, 0.25) is 0 Å². The number of carbonyl (C=O) groups is 1. The van der Waals surface area contributed by atoms with E-state index in [9.17, 15) is 9.18 Å². The summed E-state index contributed by atoms with van der Waals surface area (Å²) < 4.78 is 16.9. The fraction of sp³-hybridized carbons (Fsp3) is 0.0800. The molecule has 9 nitrogen and oxygen atoms in total. The van der Waals surface area contributed by atoms with Crippen LogP contribution in [0.25, 0.3) is 28.3 Å². The molecule has 5 aromatic rings. The Morgan fingerprint density at radius 2 is 1.86 bits per heavy atom. The lowest BCUT2D eigenvalue weighted by Crippen LogP contribution is -2.19. The van der Waals surface area contributed by atoms with E-state index in [0.29, 0.717) is 34.1 Å². The van der Waals surface area contributed by atoms with Gasteiger partial charge in [0.05, 0.1) is 29.2 Å². The van der Waals surface area contributed by atoms with E-state index in [0.717, 1.165) is 17.1 Å². The number of nitrogens with zero attached hydrogens (tertiary/aromatic N) is 6. The molecule has 0 fully saturated rings. The van der Waals surface area contributed by atoms with Crippen molar-refractivity contribution in [3.63, 3.8) is 0 Å². The topological polar surface area (TPSA) is 113 Å². The van der Waals surface area contributed by atoms with Crippen LogP contribution >= 0.6 is 0 Å². The highest BCUT2D eigenvalue weighted by atomic mass is 19.1. The second-order valence-corrected chi connectivity index (χ2v) is 7.84. The van der Waals surface area contributed by atoms with Gasteiger partial charge in [0.15, 0.2) is 11.5 Å². The number of rotatable bonds is 4.